The van der Waals surface area contributed by atoms with E-state index in [1.807, 2.05) is 18.2 Å². The van der Waals surface area contributed by atoms with Crippen LogP contribution >= 0.6 is 27.5 Å². The van der Waals surface area contributed by atoms with Gasteiger partial charge >= 0.3 is 0 Å². The van der Waals surface area contributed by atoms with Gasteiger partial charge in [0.1, 0.15) is 24.7 Å². The number of anilines is 1. The van der Waals surface area contributed by atoms with Gasteiger partial charge in [-0.3, -0.25) is 9.10 Å². The van der Waals surface area contributed by atoms with Gasteiger partial charge in [-0.2, -0.15) is 5.10 Å². The molecule has 10 nitrogen and oxygen atoms in total. The van der Waals surface area contributed by atoms with E-state index in [4.69, 9.17) is 30.5 Å². The second kappa shape index (κ2) is 15.0. The number of nitrogens with one attached hydrogen (secondary N) is 1. The van der Waals surface area contributed by atoms with E-state index in [9.17, 15) is 13.2 Å². The number of rotatable bonds is 13. The number of sulfonamides is 1. The van der Waals surface area contributed by atoms with Crippen LogP contribution in [0.25, 0.3) is 0 Å². The Morgan fingerprint density at radius 1 is 0.932 bits per heavy atom. The minimum absolute atomic E-state index is 0.00274. The molecule has 0 radical (unpaired) electrons. The molecular formula is C31H29BrClN3O7S. The third-order valence-corrected chi connectivity index (χ3v) is 8.99. The lowest BCUT2D eigenvalue weighted by molar-refractivity contribution is -0.119. The Labute approximate surface area is 269 Å². The van der Waals surface area contributed by atoms with Crippen LogP contribution in [0.2, 0.25) is 5.02 Å². The number of methoxy groups -OCH3 is 3. The summed E-state index contributed by atoms with van der Waals surface area (Å²) in [6.45, 7) is -0.363. The van der Waals surface area contributed by atoms with Gasteiger partial charge in [0.2, 0.25) is 0 Å². The first kappa shape index (κ1) is 32.6. The molecule has 230 valence electrons. The summed E-state index contributed by atoms with van der Waals surface area (Å²) in [5.74, 6) is 0.853. The maximum absolute atomic E-state index is 13.7. The molecule has 0 fully saturated rings. The summed E-state index contributed by atoms with van der Waals surface area (Å²) in [7, 11) is 0.209. The molecule has 0 spiro atoms. The molecule has 0 bridgehead atoms. The van der Waals surface area contributed by atoms with Crippen LogP contribution in [0.3, 0.4) is 0 Å². The van der Waals surface area contributed by atoms with Crippen molar-refractivity contribution in [1.82, 2.24) is 5.43 Å². The average Bonchev–Trinajstić information content (AvgIpc) is 3.03. The fourth-order valence-electron chi connectivity index (χ4n) is 4.07. The van der Waals surface area contributed by atoms with E-state index >= 15 is 0 Å². The van der Waals surface area contributed by atoms with Crippen LogP contribution in [0.5, 0.6) is 23.0 Å². The SMILES string of the molecule is COc1ccc(N(CC(=O)N/N=C\c2cc(Br)c(OCc3ccccc3Cl)c(OC)c2)S(=O)(=O)c2ccccc2)c(OC)c1. The van der Waals surface area contributed by atoms with E-state index in [-0.39, 0.29) is 22.9 Å². The molecule has 1 amide bonds. The quantitative estimate of drug-likeness (QED) is 0.133. The van der Waals surface area contributed by atoms with Crippen molar-refractivity contribution in [2.75, 3.05) is 32.2 Å². The molecule has 1 N–H and O–H groups in total. The number of benzene rings is 4. The molecular weight excluding hydrogens is 674 g/mol. The maximum atomic E-state index is 13.7. The molecule has 0 aliphatic rings. The number of hydrazone groups is 1. The van der Waals surface area contributed by atoms with Gasteiger partial charge in [0, 0.05) is 16.7 Å². The lowest BCUT2D eigenvalue weighted by atomic mass is 10.2. The summed E-state index contributed by atoms with van der Waals surface area (Å²) in [5.41, 5.74) is 3.93. The standard InChI is InChI=1S/C31H29BrClN3O7S/c1-40-23-13-14-27(28(17-23)41-2)36(44(38,39)24-10-5-4-6-11-24)19-30(37)35-34-18-21-15-25(32)31(29(16-21)42-3)43-20-22-9-7-8-12-26(22)33/h4-18H,19-20H2,1-3H3,(H,35,37)/b34-18-. The van der Waals surface area contributed by atoms with Crippen molar-refractivity contribution in [3.63, 3.8) is 0 Å². The molecule has 0 heterocycles. The van der Waals surface area contributed by atoms with E-state index in [1.54, 1.807) is 42.5 Å². The molecule has 4 aromatic carbocycles. The molecule has 0 saturated heterocycles. The van der Waals surface area contributed by atoms with Crippen molar-refractivity contribution in [2.24, 2.45) is 5.10 Å². The van der Waals surface area contributed by atoms with Gasteiger partial charge in [-0.1, -0.05) is 48.0 Å². The van der Waals surface area contributed by atoms with E-state index in [1.165, 1.54) is 51.8 Å². The fourth-order valence-corrected chi connectivity index (χ4v) is 6.29. The van der Waals surface area contributed by atoms with E-state index in [0.717, 1.165) is 9.87 Å². The van der Waals surface area contributed by atoms with Gasteiger partial charge in [0.15, 0.2) is 11.5 Å². The van der Waals surface area contributed by atoms with Crippen LogP contribution in [-0.2, 0) is 21.4 Å². The highest BCUT2D eigenvalue weighted by Gasteiger charge is 2.29. The van der Waals surface area contributed by atoms with E-state index < -0.39 is 22.5 Å². The minimum Gasteiger partial charge on any atom is -0.497 e. The Balaban J connectivity index is 1.53. The van der Waals surface area contributed by atoms with Crippen molar-refractivity contribution in [3.05, 3.63) is 106 Å². The third-order valence-electron chi connectivity index (χ3n) is 6.26. The molecule has 0 aliphatic heterocycles. The van der Waals surface area contributed by atoms with Crippen molar-refractivity contribution >= 4 is 55.4 Å². The van der Waals surface area contributed by atoms with E-state index in [2.05, 4.69) is 26.5 Å². The van der Waals surface area contributed by atoms with Crippen LogP contribution in [0.15, 0.2) is 99.4 Å². The summed E-state index contributed by atoms with van der Waals surface area (Å²) in [5, 5.41) is 4.62. The normalized spacial score (nSPS) is 11.2. The van der Waals surface area contributed by atoms with Crippen molar-refractivity contribution in [1.29, 1.82) is 0 Å². The van der Waals surface area contributed by atoms with Gasteiger partial charge < -0.3 is 18.9 Å². The first-order valence-corrected chi connectivity index (χ1v) is 15.6. The largest absolute Gasteiger partial charge is 0.497 e. The highest BCUT2D eigenvalue weighted by molar-refractivity contribution is 9.10. The number of halogens is 2. The number of carbonyl (C=O) groups excluding carboxylic acids is 1. The van der Waals surface area contributed by atoms with Crippen LogP contribution < -0.4 is 28.7 Å². The maximum Gasteiger partial charge on any atom is 0.264 e. The predicted molar refractivity (Wildman–Crippen MR) is 173 cm³/mol. The molecule has 0 saturated carbocycles. The summed E-state index contributed by atoms with van der Waals surface area (Å²) in [6.07, 6.45) is 1.40. The predicted octanol–water partition coefficient (Wildman–Crippen LogP) is 6.05. The summed E-state index contributed by atoms with van der Waals surface area (Å²) in [6, 6.07) is 23.2. The summed E-state index contributed by atoms with van der Waals surface area (Å²) >= 11 is 9.74. The van der Waals surface area contributed by atoms with Gasteiger partial charge in [0.05, 0.1) is 42.6 Å². The smallest absolute Gasteiger partial charge is 0.264 e. The monoisotopic (exact) mass is 701 g/mol. The molecule has 44 heavy (non-hydrogen) atoms. The zero-order valence-corrected chi connectivity index (χ0v) is 27.1. The third kappa shape index (κ3) is 7.81. The second-order valence-electron chi connectivity index (χ2n) is 9.07. The number of hydrogen-bond donors (Lipinski definition) is 1. The Morgan fingerprint density at radius 2 is 1.64 bits per heavy atom. The number of nitrogens with zero attached hydrogens (tertiary/aromatic N) is 2. The number of ether oxygens (including phenoxy) is 4. The van der Waals surface area contributed by atoms with Gasteiger partial charge in [-0.05, 0) is 64.0 Å². The highest BCUT2D eigenvalue weighted by atomic mass is 79.9. The van der Waals surface area contributed by atoms with Gasteiger partial charge in [-0.15, -0.1) is 0 Å². The summed E-state index contributed by atoms with van der Waals surface area (Å²) in [4.78, 5) is 13.1. The topological polar surface area (TPSA) is 116 Å². The lowest BCUT2D eigenvalue weighted by Crippen LogP contribution is -2.39. The molecule has 0 aromatic heterocycles. The average molecular weight is 703 g/mol. The molecule has 0 aliphatic carbocycles. The van der Waals surface area contributed by atoms with E-state index in [0.29, 0.717) is 32.3 Å². The number of carbonyl (C=O) groups is 1. The van der Waals surface area contributed by atoms with Crippen LogP contribution in [-0.4, -0.2) is 48.4 Å². The molecule has 4 aromatic rings. The van der Waals surface area contributed by atoms with Crippen molar-refractivity contribution in [3.8, 4) is 23.0 Å². The Morgan fingerprint density at radius 3 is 2.32 bits per heavy atom. The highest BCUT2D eigenvalue weighted by Crippen LogP contribution is 2.38. The molecule has 0 atom stereocenters. The van der Waals surface area contributed by atoms with Gasteiger partial charge in [-0.25, -0.2) is 13.8 Å². The lowest BCUT2D eigenvalue weighted by Gasteiger charge is -2.25. The zero-order chi connectivity index (χ0) is 31.7. The van der Waals surface area contributed by atoms with Crippen LogP contribution in [0.1, 0.15) is 11.1 Å². The second-order valence-corrected chi connectivity index (χ2v) is 12.2. The van der Waals surface area contributed by atoms with Crippen LogP contribution in [0, 0.1) is 0 Å². The fraction of sp³-hybridized carbons (Fsp3) is 0.161. The first-order chi connectivity index (χ1) is 21.2. The van der Waals surface area contributed by atoms with Crippen molar-refractivity contribution < 1.29 is 32.2 Å². The number of amides is 1. The summed E-state index contributed by atoms with van der Waals surface area (Å²) < 4.78 is 51.0. The Kier molecular flexibility index (Phi) is 11.1. The Bertz CT molecular complexity index is 1750. The number of hydrogen-bond acceptors (Lipinski definition) is 8. The molecule has 4 rings (SSSR count). The molecule has 13 heteroatoms. The zero-order valence-electron chi connectivity index (χ0n) is 24.0. The minimum atomic E-state index is -4.17. The van der Waals surface area contributed by atoms with Gasteiger partial charge in [0.25, 0.3) is 15.9 Å². The van der Waals surface area contributed by atoms with Crippen LogP contribution in [0.4, 0.5) is 5.69 Å². The first-order valence-electron chi connectivity index (χ1n) is 13.0. The molecule has 0 unspecified atom stereocenters. The van der Waals surface area contributed by atoms with Crippen molar-refractivity contribution in [2.45, 2.75) is 11.5 Å². The Hall–Kier alpha value is -4.26.